The van der Waals surface area contributed by atoms with Crippen LogP contribution in [-0.4, -0.2) is 86.0 Å². The van der Waals surface area contributed by atoms with Gasteiger partial charge in [-0.05, 0) is 82.8 Å². The molecule has 2 aromatic rings. The van der Waals surface area contributed by atoms with Crippen LogP contribution in [-0.2, 0) is 9.59 Å². The van der Waals surface area contributed by atoms with Crippen LogP contribution in [0.2, 0.25) is 0 Å². The first-order valence-corrected chi connectivity index (χ1v) is 18.6. The Morgan fingerprint density at radius 2 is 1.53 bits per heavy atom. The van der Waals surface area contributed by atoms with Crippen molar-refractivity contribution < 1.29 is 19.2 Å². The Labute approximate surface area is 300 Å². The molecule has 0 radical (unpaired) electrons. The van der Waals surface area contributed by atoms with E-state index in [1.54, 1.807) is 36.9 Å². The predicted molar refractivity (Wildman–Crippen MR) is 202 cm³/mol. The van der Waals surface area contributed by atoms with Crippen LogP contribution in [0, 0.1) is 5.92 Å². The van der Waals surface area contributed by atoms with E-state index in [2.05, 4.69) is 32.0 Å². The van der Waals surface area contributed by atoms with Gasteiger partial charge in [-0.15, -0.1) is 11.8 Å². The maximum atomic E-state index is 13.9. The van der Waals surface area contributed by atoms with Gasteiger partial charge in [-0.1, -0.05) is 49.8 Å². The second-order valence-corrected chi connectivity index (χ2v) is 15.2. The molecule has 1 heterocycles. The molecule has 0 aromatic heterocycles. The lowest BCUT2D eigenvalue weighted by atomic mass is 10.0. The Balaban J connectivity index is 1.81. The van der Waals surface area contributed by atoms with Crippen molar-refractivity contribution in [3.8, 4) is 0 Å². The van der Waals surface area contributed by atoms with E-state index in [1.165, 1.54) is 17.7 Å². The summed E-state index contributed by atoms with van der Waals surface area (Å²) in [5, 5.41) is 17.3. The summed E-state index contributed by atoms with van der Waals surface area (Å²) in [6.07, 6.45) is 1.55. The van der Waals surface area contributed by atoms with Gasteiger partial charge < -0.3 is 30.9 Å². The number of benzene rings is 2. The van der Waals surface area contributed by atoms with Crippen molar-refractivity contribution in [2.75, 3.05) is 44.3 Å². The van der Waals surface area contributed by atoms with Crippen LogP contribution in [0.15, 0.2) is 59.5 Å². The average Bonchev–Trinajstić information content (AvgIpc) is 3.58. The van der Waals surface area contributed by atoms with E-state index < -0.39 is 12.1 Å². The number of rotatable bonds is 18. The summed E-state index contributed by atoms with van der Waals surface area (Å²) in [5.41, 5.74) is 3.64. The molecule has 13 heteroatoms. The number of hydrogen-bond acceptors (Lipinski definition) is 9. The van der Waals surface area contributed by atoms with Gasteiger partial charge in [0.1, 0.15) is 6.04 Å². The fraction of sp³-hybridized carbons (Fsp3) is 0.500. The van der Waals surface area contributed by atoms with Crippen LogP contribution >= 0.6 is 23.9 Å². The minimum Gasteiger partial charge on any atom is -0.355 e. The Bertz CT molecular complexity index is 1450. The van der Waals surface area contributed by atoms with E-state index >= 15 is 0 Å². The Morgan fingerprint density at radius 1 is 0.878 bits per heavy atom. The second-order valence-electron chi connectivity index (χ2n) is 12.8. The van der Waals surface area contributed by atoms with Crippen LogP contribution in [0.4, 0.5) is 5.69 Å². The number of nitrogens with zero attached hydrogens (tertiary/aromatic N) is 2. The van der Waals surface area contributed by atoms with E-state index in [0.717, 1.165) is 17.7 Å². The fourth-order valence-corrected chi connectivity index (χ4v) is 6.93. The van der Waals surface area contributed by atoms with Gasteiger partial charge in [-0.3, -0.25) is 19.2 Å². The minimum absolute atomic E-state index is 0.0824. The first-order valence-electron chi connectivity index (χ1n) is 16.8. The van der Waals surface area contributed by atoms with Gasteiger partial charge >= 0.3 is 0 Å². The summed E-state index contributed by atoms with van der Waals surface area (Å²) >= 11 is 3.19. The van der Waals surface area contributed by atoms with Gasteiger partial charge in [-0.2, -0.15) is 0 Å². The number of likely N-dealkylation sites (N-methyl/N-ethyl adjacent to an activating group) is 1. The van der Waals surface area contributed by atoms with Crippen LogP contribution < -0.4 is 30.9 Å². The highest BCUT2D eigenvalue weighted by Gasteiger charge is 2.27. The molecule has 4 atom stereocenters. The highest BCUT2D eigenvalue weighted by Crippen LogP contribution is 2.27. The summed E-state index contributed by atoms with van der Waals surface area (Å²) < 4.78 is 3.83. The SMILES string of the molecule is CCNC(=O)[C@@H](NC(=O)[C@H](C)NC[C@H](CC1=CSCC1)NC(=O)c1cc(C(=O)N[C@H](C)c2ccccc2)cc(N(C)SN(C)C)c1)C(C)C. The first kappa shape index (κ1) is 39.9. The zero-order chi connectivity index (χ0) is 36.1. The molecule has 0 spiro atoms. The summed E-state index contributed by atoms with van der Waals surface area (Å²) in [5.74, 6) is -0.193. The lowest BCUT2D eigenvalue weighted by molar-refractivity contribution is -0.130. The zero-order valence-corrected chi connectivity index (χ0v) is 31.6. The molecule has 1 aliphatic heterocycles. The summed E-state index contributed by atoms with van der Waals surface area (Å²) in [7, 11) is 5.73. The van der Waals surface area contributed by atoms with Crippen LogP contribution in [0.3, 0.4) is 0 Å². The number of carbonyl (C=O) groups excluding carboxylic acids is 4. The third-order valence-electron chi connectivity index (χ3n) is 8.04. The van der Waals surface area contributed by atoms with Gasteiger partial charge in [0, 0.05) is 60.9 Å². The molecule has 11 nitrogen and oxygen atoms in total. The second kappa shape index (κ2) is 19.6. The van der Waals surface area contributed by atoms with Gasteiger partial charge in [-0.25, -0.2) is 4.31 Å². The Kier molecular flexibility index (Phi) is 16.0. The molecule has 0 bridgehead atoms. The standard InChI is InChI=1S/C36H53N7O4S2/c1-9-37-36(47)32(23(2)3)41-33(44)25(5)38-21-30(17-26-15-16-48-22-26)40-35(46)29-18-28(19-31(20-29)43(8)49-42(6)7)34(45)39-24(4)27-13-11-10-12-14-27/h10-14,18-20,22-25,30,32,38H,9,15-17,21H2,1-8H3,(H,37,47)(H,39,45)(H,40,46)(H,41,44)/t24-,25+,30+,32+/m1/s1. The van der Waals surface area contributed by atoms with Crippen molar-refractivity contribution in [3.63, 3.8) is 0 Å². The lowest BCUT2D eigenvalue weighted by Gasteiger charge is -2.26. The molecule has 4 amide bonds. The molecule has 2 aromatic carbocycles. The molecule has 268 valence electrons. The zero-order valence-electron chi connectivity index (χ0n) is 30.0. The largest absolute Gasteiger partial charge is 0.355 e. The predicted octanol–water partition coefficient (Wildman–Crippen LogP) is 4.50. The average molecular weight is 712 g/mol. The maximum absolute atomic E-state index is 13.9. The number of hydrogen-bond donors (Lipinski definition) is 5. The van der Waals surface area contributed by atoms with Gasteiger partial charge in [0.15, 0.2) is 0 Å². The van der Waals surface area contributed by atoms with Crippen molar-refractivity contribution >= 4 is 53.2 Å². The van der Waals surface area contributed by atoms with Crippen molar-refractivity contribution in [3.05, 3.63) is 76.2 Å². The minimum atomic E-state index is -0.647. The molecular formula is C36H53N7O4S2. The molecular weight excluding hydrogens is 659 g/mol. The van der Waals surface area contributed by atoms with Crippen molar-refractivity contribution in [1.82, 2.24) is 30.9 Å². The third kappa shape index (κ3) is 12.7. The fourth-order valence-electron chi connectivity index (χ4n) is 5.30. The Morgan fingerprint density at radius 3 is 2.10 bits per heavy atom. The molecule has 0 unspecified atom stereocenters. The Hall–Kier alpha value is -3.52. The normalized spacial score (nSPS) is 15.2. The molecule has 0 aliphatic carbocycles. The quantitative estimate of drug-likeness (QED) is 0.142. The third-order valence-corrected chi connectivity index (χ3v) is 9.76. The number of thioether (sulfide) groups is 1. The smallest absolute Gasteiger partial charge is 0.251 e. The van der Waals surface area contributed by atoms with E-state index in [9.17, 15) is 19.2 Å². The van der Waals surface area contributed by atoms with Gasteiger partial charge in [0.2, 0.25) is 11.8 Å². The molecule has 0 fully saturated rings. The van der Waals surface area contributed by atoms with Crippen LogP contribution in [0.5, 0.6) is 0 Å². The molecule has 49 heavy (non-hydrogen) atoms. The van der Waals surface area contributed by atoms with Gasteiger partial charge in [0.25, 0.3) is 11.8 Å². The molecule has 0 saturated heterocycles. The highest BCUT2D eigenvalue weighted by molar-refractivity contribution is 8.02. The van der Waals surface area contributed by atoms with Crippen molar-refractivity contribution in [1.29, 1.82) is 0 Å². The summed E-state index contributed by atoms with van der Waals surface area (Å²) in [4.78, 5) is 53.1. The number of anilines is 1. The van der Waals surface area contributed by atoms with Crippen LogP contribution in [0.25, 0.3) is 0 Å². The number of amides is 4. The van der Waals surface area contributed by atoms with E-state index in [-0.39, 0.29) is 41.6 Å². The monoisotopic (exact) mass is 711 g/mol. The summed E-state index contributed by atoms with van der Waals surface area (Å²) in [6, 6.07) is 13.1. The topological polar surface area (TPSA) is 135 Å². The molecule has 0 saturated carbocycles. The molecule has 5 N–H and O–H groups in total. The lowest BCUT2D eigenvalue weighted by Crippen LogP contribution is -2.55. The summed E-state index contributed by atoms with van der Waals surface area (Å²) in [6.45, 7) is 10.1. The van der Waals surface area contributed by atoms with Crippen molar-refractivity contribution in [2.45, 2.75) is 71.6 Å². The van der Waals surface area contributed by atoms with E-state index in [4.69, 9.17) is 0 Å². The maximum Gasteiger partial charge on any atom is 0.251 e. The number of carbonyl (C=O) groups is 4. The van der Waals surface area contributed by atoms with Crippen LogP contribution in [0.1, 0.15) is 79.8 Å². The first-order chi connectivity index (χ1) is 23.3. The number of nitrogens with one attached hydrogen (secondary N) is 5. The van der Waals surface area contributed by atoms with Gasteiger partial charge in [0.05, 0.1) is 12.1 Å². The van der Waals surface area contributed by atoms with E-state index in [0.29, 0.717) is 36.3 Å². The van der Waals surface area contributed by atoms with E-state index in [1.807, 2.05) is 87.8 Å². The molecule has 1 aliphatic rings. The highest BCUT2D eigenvalue weighted by atomic mass is 32.2. The van der Waals surface area contributed by atoms with Crippen molar-refractivity contribution in [2.24, 2.45) is 5.92 Å². The molecule has 3 rings (SSSR count).